The van der Waals surface area contributed by atoms with Gasteiger partial charge in [-0.1, -0.05) is 0 Å². The number of hydrogen-bond acceptors (Lipinski definition) is 4. The van der Waals surface area contributed by atoms with E-state index in [2.05, 4.69) is 15.3 Å². The number of aromatic nitrogens is 4. The Kier molecular flexibility index (Phi) is 2.57. The summed E-state index contributed by atoms with van der Waals surface area (Å²) in [6.07, 6.45) is 0. The fraction of sp³-hybridized carbons (Fsp3) is 0.400. The molecule has 0 spiro atoms. The second-order valence-corrected chi connectivity index (χ2v) is 5.74. The molecule has 0 aliphatic heterocycles. The molecule has 2 rings (SSSR count). The molecule has 0 unspecified atom stereocenters. The van der Waals surface area contributed by atoms with Crippen LogP contribution in [0.1, 0.15) is 22.8 Å². The lowest BCUT2D eigenvalue weighted by Gasteiger charge is -2.06. The van der Waals surface area contributed by atoms with Crippen molar-refractivity contribution in [2.24, 2.45) is 0 Å². The third-order valence-electron chi connectivity index (χ3n) is 2.51. The first-order valence-electron chi connectivity index (χ1n) is 5.14. The third kappa shape index (κ3) is 1.76. The lowest BCUT2D eigenvalue weighted by molar-refractivity contribution is 0.576. The summed E-state index contributed by atoms with van der Waals surface area (Å²) < 4.78 is 25.9. The second-order valence-electron chi connectivity index (χ2n) is 4.04. The van der Waals surface area contributed by atoms with Crippen molar-refractivity contribution in [3.8, 4) is 0 Å². The molecule has 6 nitrogen and oxygen atoms in total. The molecule has 0 saturated carbocycles. The predicted molar refractivity (Wildman–Crippen MR) is 62.3 cm³/mol. The van der Waals surface area contributed by atoms with E-state index in [0.29, 0.717) is 22.8 Å². The van der Waals surface area contributed by atoms with Gasteiger partial charge in [0.25, 0.3) is 10.0 Å². The minimum atomic E-state index is -3.66. The van der Waals surface area contributed by atoms with Gasteiger partial charge in [0.1, 0.15) is 4.90 Å². The molecular formula is C10H14N4O2S. The summed E-state index contributed by atoms with van der Waals surface area (Å²) in [5.41, 5.74) is 2.23. The summed E-state index contributed by atoms with van der Waals surface area (Å²) in [6, 6.07) is 1.72. The van der Waals surface area contributed by atoms with Crippen LogP contribution in [0.2, 0.25) is 0 Å². The maximum Gasteiger partial charge on any atom is 0.286 e. The minimum absolute atomic E-state index is 0.198. The number of nitrogens with zero attached hydrogens (tertiary/aromatic N) is 3. The summed E-state index contributed by atoms with van der Waals surface area (Å²) in [5.74, 6) is 0. The van der Waals surface area contributed by atoms with Gasteiger partial charge in [0.2, 0.25) is 0 Å². The molecule has 1 N–H and O–H groups in total. The smallest absolute Gasteiger partial charge is 0.281 e. The van der Waals surface area contributed by atoms with Gasteiger partial charge in [-0.15, -0.1) is 0 Å². The first kappa shape index (κ1) is 11.8. The van der Waals surface area contributed by atoms with Crippen molar-refractivity contribution in [1.82, 2.24) is 19.4 Å². The number of H-pyrrole nitrogens is 1. The topological polar surface area (TPSA) is 80.6 Å². The Morgan fingerprint density at radius 1 is 1.24 bits per heavy atom. The van der Waals surface area contributed by atoms with Crippen molar-refractivity contribution < 1.29 is 8.42 Å². The molecule has 7 heteroatoms. The number of rotatable bonds is 2. The monoisotopic (exact) mass is 254 g/mol. The van der Waals surface area contributed by atoms with E-state index in [1.807, 2.05) is 0 Å². The molecule has 0 aliphatic carbocycles. The number of nitrogens with one attached hydrogen (secondary N) is 1. The average Bonchev–Trinajstić information content (AvgIpc) is 2.70. The molecule has 17 heavy (non-hydrogen) atoms. The van der Waals surface area contributed by atoms with Crippen LogP contribution in [0.15, 0.2) is 11.0 Å². The lowest BCUT2D eigenvalue weighted by atomic mass is 10.4. The van der Waals surface area contributed by atoms with Gasteiger partial charge in [-0.2, -0.15) is 22.7 Å². The van der Waals surface area contributed by atoms with Crippen LogP contribution in [0.3, 0.4) is 0 Å². The normalized spacial score (nSPS) is 12.0. The Labute approximate surface area is 99.7 Å². The van der Waals surface area contributed by atoms with Crippen LogP contribution in [-0.4, -0.2) is 27.8 Å². The molecular weight excluding hydrogens is 240 g/mol. The van der Waals surface area contributed by atoms with Gasteiger partial charge >= 0.3 is 0 Å². The molecule has 0 amide bonds. The highest BCUT2D eigenvalue weighted by Crippen LogP contribution is 2.21. The van der Waals surface area contributed by atoms with Crippen molar-refractivity contribution in [2.75, 3.05) is 0 Å². The zero-order chi connectivity index (χ0) is 12.8. The fourth-order valence-corrected chi connectivity index (χ4v) is 3.55. The SMILES string of the molecule is Cc1cc(C)n(S(=O)(=O)c2c(C)n[nH]c2C)n1. The van der Waals surface area contributed by atoms with E-state index in [9.17, 15) is 8.42 Å². The minimum Gasteiger partial charge on any atom is -0.281 e. The molecule has 0 saturated heterocycles. The van der Waals surface area contributed by atoms with Gasteiger partial charge in [-0.05, 0) is 33.8 Å². The Morgan fingerprint density at radius 3 is 2.29 bits per heavy atom. The summed E-state index contributed by atoms with van der Waals surface area (Å²) in [5, 5.41) is 10.6. The summed E-state index contributed by atoms with van der Waals surface area (Å²) in [6.45, 7) is 6.80. The highest BCUT2D eigenvalue weighted by Gasteiger charge is 2.26. The van der Waals surface area contributed by atoms with Crippen LogP contribution in [0.4, 0.5) is 0 Å². The molecule has 92 valence electrons. The largest absolute Gasteiger partial charge is 0.286 e. The Morgan fingerprint density at radius 2 is 1.88 bits per heavy atom. The van der Waals surface area contributed by atoms with Gasteiger partial charge in [0.15, 0.2) is 0 Å². The van der Waals surface area contributed by atoms with Crippen LogP contribution in [-0.2, 0) is 10.0 Å². The van der Waals surface area contributed by atoms with E-state index in [1.54, 1.807) is 33.8 Å². The summed E-state index contributed by atoms with van der Waals surface area (Å²) >= 11 is 0. The van der Waals surface area contributed by atoms with Crippen LogP contribution in [0.5, 0.6) is 0 Å². The molecule has 0 aromatic carbocycles. The molecule has 2 aromatic rings. The number of hydrogen-bond donors (Lipinski definition) is 1. The van der Waals surface area contributed by atoms with Crippen molar-refractivity contribution >= 4 is 10.0 Å². The summed E-state index contributed by atoms with van der Waals surface area (Å²) in [4.78, 5) is 0.198. The number of aryl methyl sites for hydroxylation is 4. The fourth-order valence-electron chi connectivity index (χ4n) is 1.86. The van der Waals surface area contributed by atoms with E-state index >= 15 is 0 Å². The number of aromatic amines is 1. The highest BCUT2D eigenvalue weighted by atomic mass is 32.2. The molecule has 0 fully saturated rings. The second kappa shape index (κ2) is 3.69. The molecule has 0 bridgehead atoms. The van der Waals surface area contributed by atoms with Crippen LogP contribution in [0, 0.1) is 27.7 Å². The van der Waals surface area contributed by atoms with Gasteiger partial charge in [-0.3, -0.25) is 5.10 Å². The molecule has 2 aromatic heterocycles. The van der Waals surface area contributed by atoms with E-state index in [4.69, 9.17) is 0 Å². The lowest BCUT2D eigenvalue weighted by Crippen LogP contribution is -2.17. The Bertz CT molecular complexity index is 647. The standard InChI is InChI=1S/C10H14N4O2S/c1-6-5-7(2)14(13-6)17(15,16)10-8(3)11-12-9(10)4/h5H,1-4H3,(H,11,12). The van der Waals surface area contributed by atoms with E-state index in [-0.39, 0.29) is 4.90 Å². The van der Waals surface area contributed by atoms with Crippen molar-refractivity contribution in [1.29, 1.82) is 0 Å². The molecule has 0 radical (unpaired) electrons. The zero-order valence-electron chi connectivity index (χ0n) is 10.1. The maximum atomic E-state index is 12.4. The Balaban J connectivity index is 2.70. The van der Waals surface area contributed by atoms with E-state index in [1.165, 1.54) is 0 Å². The van der Waals surface area contributed by atoms with Gasteiger partial charge in [0.05, 0.1) is 22.8 Å². The van der Waals surface area contributed by atoms with Crippen molar-refractivity contribution in [3.63, 3.8) is 0 Å². The molecule has 2 heterocycles. The van der Waals surface area contributed by atoms with Crippen LogP contribution in [0.25, 0.3) is 0 Å². The van der Waals surface area contributed by atoms with Gasteiger partial charge in [-0.25, -0.2) is 0 Å². The first-order valence-corrected chi connectivity index (χ1v) is 6.58. The average molecular weight is 254 g/mol. The van der Waals surface area contributed by atoms with E-state index in [0.717, 1.165) is 4.09 Å². The van der Waals surface area contributed by atoms with E-state index < -0.39 is 10.0 Å². The predicted octanol–water partition coefficient (Wildman–Crippen LogP) is 1.08. The molecule has 0 aliphatic rings. The van der Waals surface area contributed by atoms with Crippen molar-refractivity contribution in [2.45, 2.75) is 32.6 Å². The first-order chi connectivity index (χ1) is 7.84. The Hall–Kier alpha value is -1.63. The van der Waals surface area contributed by atoms with Crippen LogP contribution >= 0.6 is 0 Å². The highest BCUT2D eigenvalue weighted by molar-refractivity contribution is 7.90. The van der Waals surface area contributed by atoms with Crippen molar-refractivity contribution in [3.05, 3.63) is 28.8 Å². The zero-order valence-corrected chi connectivity index (χ0v) is 11.0. The van der Waals surface area contributed by atoms with Crippen LogP contribution < -0.4 is 0 Å². The third-order valence-corrected chi connectivity index (χ3v) is 4.46. The molecule has 0 atom stereocenters. The van der Waals surface area contributed by atoms with Gasteiger partial charge in [0, 0.05) is 0 Å². The maximum absolute atomic E-state index is 12.4. The van der Waals surface area contributed by atoms with Gasteiger partial charge < -0.3 is 0 Å². The summed E-state index contributed by atoms with van der Waals surface area (Å²) in [7, 11) is -3.66. The quantitative estimate of drug-likeness (QED) is 0.869.